The van der Waals surface area contributed by atoms with Crippen molar-refractivity contribution in [1.29, 1.82) is 0 Å². The van der Waals surface area contributed by atoms with Gasteiger partial charge in [0.1, 0.15) is 22.7 Å². The summed E-state index contributed by atoms with van der Waals surface area (Å²) >= 11 is 3.33. The molecule has 1 aromatic heterocycles. The van der Waals surface area contributed by atoms with Gasteiger partial charge in [-0.05, 0) is 49.4 Å². The van der Waals surface area contributed by atoms with Crippen LogP contribution in [-0.4, -0.2) is 18.5 Å². The molecule has 146 valence electrons. The Kier molecular flexibility index (Phi) is 5.61. The van der Waals surface area contributed by atoms with Gasteiger partial charge in [0.15, 0.2) is 0 Å². The number of esters is 2. The SMILES string of the molecule is CCOC(=O)c1c(C(C)(C)C)oc2ccc(OC(=O)c3ccc(Br)cc3)cc12. The van der Waals surface area contributed by atoms with Crippen molar-refractivity contribution in [3.63, 3.8) is 0 Å². The molecule has 6 heteroatoms. The zero-order valence-electron chi connectivity index (χ0n) is 16.2. The van der Waals surface area contributed by atoms with Crippen molar-refractivity contribution >= 4 is 38.8 Å². The van der Waals surface area contributed by atoms with Gasteiger partial charge in [0, 0.05) is 15.3 Å². The lowest BCUT2D eigenvalue weighted by molar-refractivity contribution is 0.0523. The van der Waals surface area contributed by atoms with E-state index in [2.05, 4.69) is 15.9 Å². The van der Waals surface area contributed by atoms with Gasteiger partial charge in [-0.2, -0.15) is 0 Å². The zero-order valence-corrected chi connectivity index (χ0v) is 17.8. The average molecular weight is 445 g/mol. The molecule has 0 aliphatic heterocycles. The molecule has 0 fully saturated rings. The van der Waals surface area contributed by atoms with E-state index >= 15 is 0 Å². The maximum Gasteiger partial charge on any atom is 0.343 e. The molecule has 0 aliphatic carbocycles. The van der Waals surface area contributed by atoms with E-state index in [-0.39, 0.29) is 6.61 Å². The number of carbonyl (C=O) groups excluding carboxylic acids is 2. The lowest BCUT2D eigenvalue weighted by Crippen LogP contribution is -2.16. The second-order valence-corrected chi connectivity index (χ2v) is 8.25. The molecule has 28 heavy (non-hydrogen) atoms. The second-order valence-electron chi connectivity index (χ2n) is 7.33. The highest BCUT2D eigenvalue weighted by molar-refractivity contribution is 9.10. The van der Waals surface area contributed by atoms with Crippen molar-refractivity contribution in [3.05, 3.63) is 63.8 Å². The maximum absolute atomic E-state index is 12.6. The average Bonchev–Trinajstić information content (AvgIpc) is 3.01. The van der Waals surface area contributed by atoms with Gasteiger partial charge in [0.25, 0.3) is 0 Å². The fourth-order valence-corrected chi connectivity index (χ4v) is 3.09. The third-order valence-corrected chi connectivity index (χ3v) is 4.64. The Bertz CT molecular complexity index is 1030. The standard InChI is InChI=1S/C22H21BrO5/c1-5-26-21(25)18-16-12-15(10-11-17(16)28-19(18)22(2,3)4)27-20(24)13-6-8-14(23)9-7-13/h6-12H,5H2,1-4H3. The van der Waals surface area contributed by atoms with E-state index in [1.165, 1.54) is 0 Å². The summed E-state index contributed by atoms with van der Waals surface area (Å²) in [4.78, 5) is 25.0. The van der Waals surface area contributed by atoms with Crippen LogP contribution in [0.3, 0.4) is 0 Å². The van der Waals surface area contributed by atoms with E-state index in [0.29, 0.717) is 33.6 Å². The number of ether oxygens (including phenoxy) is 2. The fourth-order valence-electron chi connectivity index (χ4n) is 2.83. The third-order valence-electron chi connectivity index (χ3n) is 4.11. The van der Waals surface area contributed by atoms with E-state index < -0.39 is 17.4 Å². The van der Waals surface area contributed by atoms with Crippen LogP contribution in [0.1, 0.15) is 54.2 Å². The summed E-state index contributed by atoms with van der Waals surface area (Å²) in [5.41, 5.74) is 0.939. The highest BCUT2D eigenvalue weighted by Crippen LogP contribution is 2.36. The topological polar surface area (TPSA) is 65.7 Å². The Labute approximate surface area is 171 Å². The Hall–Kier alpha value is -2.60. The summed E-state index contributed by atoms with van der Waals surface area (Å²) in [7, 11) is 0. The molecule has 0 saturated heterocycles. The summed E-state index contributed by atoms with van der Waals surface area (Å²) in [6, 6.07) is 11.8. The lowest BCUT2D eigenvalue weighted by atomic mass is 9.89. The normalized spacial score (nSPS) is 11.5. The minimum Gasteiger partial charge on any atom is -0.462 e. The first-order chi connectivity index (χ1) is 13.2. The number of furan rings is 1. The molecule has 0 N–H and O–H groups in total. The molecule has 3 aromatic rings. The summed E-state index contributed by atoms with van der Waals surface area (Å²) in [6.45, 7) is 7.89. The van der Waals surface area contributed by atoms with E-state index in [1.807, 2.05) is 20.8 Å². The van der Waals surface area contributed by atoms with Gasteiger partial charge in [0.05, 0.1) is 12.2 Å². The van der Waals surface area contributed by atoms with Crippen LogP contribution in [0, 0.1) is 0 Å². The Balaban J connectivity index is 2.02. The molecule has 0 aliphatic rings. The van der Waals surface area contributed by atoms with Crippen molar-refractivity contribution < 1.29 is 23.5 Å². The van der Waals surface area contributed by atoms with Crippen LogP contribution in [-0.2, 0) is 10.2 Å². The van der Waals surface area contributed by atoms with Gasteiger partial charge in [-0.3, -0.25) is 0 Å². The minimum absolute atomic E-state index is 0.257. The van der Waals surface area contributed by atoms with Gasteiger partial charge in [0.2, 0.25) is 0 Å². The van der Waals surface area contributed by atoms with Crippen molar-refractivity contribution in [1.82, 2.24) is 0 Å². The summed E-state index contributed by atoms with van der Waals surface area (Å²) in [5, 5.41) is 0.560. The van der Waals surface area contributed by atoms with Crippen LogP contribution in [0.4, 0.5) is 0 Å². The number of fused-ring (bicyclic) bond motifs is 1. The van der Waals surface area contributed by atoms with Crippen LogP contribution in [0.15, 0.2) is 51.4 Å². The minimum atomic E-state index is -0.482. The molecule has 0 bridgehead atoms. The monoisotopic (exact) mass is 444 g/mol. The Morgan fingerprint density at radius 1 is 1.04 bits per heavy atom. The van der Waals surface area contributed by atoms with Crippen LogP contribution in [0.25, 0.3) is 11.0 Å². The lowest BCUT2D eigenvalue weighted by Gasteiger charge is -2.16. The zero-order chi connectivity index (χ0) is 20.5. The van der Waals surface area contributed by atoms with Gasteiger partial charge < -0.3 is 13.9 Å². The molecule has 5 nitrogen and oxygen atoms in total. The molecule has 0 spiro atoms. The molecule has 2 aromatic carbocycles. The quantitative estimate of drug-likeness (QED) is 0.370. The molecule has 0 radical (unpaired) electrons. The predicted molar refractivity (Wildman–Crippen MR) is 110 cm³/mol. The Morgan fingerprint density at radius 3 is 2.32 bits per heavy atom. The molecular formula is C22H21BrO5. The predicted octanol–water partition coefficient (Wildman–Crippen LogP) is 5.89. The van der Waals surface area contributed by atoms with E-state index in [0.717, 1.165) is 4.47 Å². The second kappa shape index (κ2) is 7.80. The number of rotatable bonds is 4. The molecule has 0 unspecified atom stereocenters. The number of hydrogen-bond donors (Lipinski definition) is 0. The first kappa shape index (κ1) is 20.1. The van der Waals surface area contributed by atoms with Gasteiger partial charge in [-0.25, -0.2) is 9.59 Å². The number of benzene rings is 2. The molecule has 3 rings (SSSR count). The maximum atomic E-state index is 12.6. The van der Waals surface area contributed by atoms with Gasteiger partial charge >= 0.3 is 11.9 Å². The van der Waals surface area contributed by atoms with Gasteiger partial charge in [-0.15, -0.1) is 0 Å². The van der Waals surface area contributed by atoms with Crippen molar-refractivity contribution in [3.8, 4) is 5.75 Å². The first-order valence-electron chi connectivity index (χ1n) is 8.92. The largest absolute Gasteiger partial charge is 0.462 e. The van der Waals surface area contributed by atoms with Crippen molar-refractivity contribution in [2.45, 2.75) is 33.1 Å². The molecular weight excluding hydrogens is 424 g/mol. The molecule has 1 heterocycles. The highest BCUT2D eigenvalue weighted by Gasteiger charge is 2.30. The van der Waals surface area contributed by atoms with E-state index in [4.69, 9.17) is 13.9 Å². The number of hydrogen-bond acceptors (Lipinski definition) is 5. The van der Waals surface area contributed by atoms with E-state index in [9.17, 15) is 9.59 Å². The number of carbonyl (C=O) groups is 2. The van der Waals surface area contributed by atoms with Crippen molar-refractivity contribution in [2.24, 2.45) is 0 Å². The number of halogens is 1. The summed E-state index contributed by atoms with van der Waals surface area (Å²) < 4.78 is 17.5. The highest BCUT2D eigenvalue weighted by atomic mass is 79.9. The fraction of sp³-hybridized carbons (Fsp3) is 0.273. The van der Waals surface area contributed by atoms with Crippen LogP contribution in [0.2, 0.25) is 0 Å². The summed E-state index contributed by atoms with van der Waals surface area (Å²) in [5.74, 6) is -0.0730. The third kappa shape index (κ3) is 4.12. The summed E-state index contributed by atoms with van der Waals surface area (Å²) in [6.07, 6.45) is 0. The van der Waals surface area contributed by atoms with Crippen LogP contribution >= 0.6 is 15.9 Å². The smallest absolute Gasteiger partial charge is 0.343 e. The van der Waals surface area contributed by atoms with Crippen LogP contribution in [0.5, 0.6) is 5.75 Å². The van der Waals surface area contributed by atoms with Crippen LogP contribution < -0.4 is 4.74 Å². The Morgan fingerprint density at radius 2 is 1.71 bits per heavy atom. The van der Waals surface area contributed by atoms with Crippen molar-refractivity contribution in [2.75, 3.05) is 6.61 Å². The molecule has 0 atom stereocenters. The van der Waals surface area contributed by atoms with E-state index in [1.54, 1.807) is 49.4 Å². The molecule has 0 saturated carbocycles. The first-order valence-corrected chi connectivity index (χ1v) is 9.72. The van der Waals surface area contributed by atoms with Gasteiger partial charge in [-0.1, -0.05) is 36.7 Å². The molecule has 0 amide bonds.